The number of piperazine rings is 1. The van der Waals surface area contributed by atoms with Crippen LogP contribution in [0.3, 0.4) is 0 Å². The Morgan fingerprint density at radius 3 is 2.43 bits per heavy atom. The summed E-state index contributed by atoms with van der Waals surface area (Å²) in [4.78, 5) is 37.7. The number of carbonyl (C=O) groups is 2. The lowest BCUT2D eigenvalue weighted by Gasteiger charge is -2.35. The topological polar surface area (TPSA) is 99.7 Å². The first kappa shape index (κ1) is 26.2. The van der Waals surface area contributed by atoms with Crippen molar-refractivity contribution in [3.05, 3.63) is 65.2 Å². The molecule has 1 saturated heterocycles. The number of ether oxygens (including phenoxy) is 1. The molecule has 3 aromatic rings. The lowest BCUT2D eigenvalue weighted by Crippen LogP contribution is -2.49. The summed E-state index contributed by atoms with van der Waals surface area (Å²) >= 11 is 6.07. The molecule has 1 aliphatic heterocycles. The van der Waals surface area contributed by atoms with Gasteiger partial charge in [-0.15, -0.1) is 0 Å². The van der Waals surface area contributed by atoms with Crippen molar-refractivity contribution in [3.8, 4) is 17.1 Å². The summed E-state index contributed by atoms with van der Waals surface area (Å²) in [6.07, 6.45) is 0.306. The Morgan fingerprint density at radius 2 is 1.73 bits per heavy atom. The molecule has 2 N–H and O–H groups in total. The van der Waals surface area contributed by atoms with E-state index in [1.165, 1.54) is 6.92 Å². The first-order valence-corrected chi connectivity index (χ1v) is 12.6. The zero-order chi connectivity index (χ0) is 26.2. The quantitative estimate of drug-likeness (QED) is 0.416. The Hall–Kier alpha value is -3.85. The Balaban J connectivity index is 1.46. The van der Waals surface area contributed by atoms with Crippen LogP contribution in [-0.4, -0.2) is 73.1 Å². The molecule has 1 aromatic heterocycles. The highest BCUT2D eigenvalue weighted by atomic mass is 35.5. The van der Waals surface area contributed by atoms with Crippen LogP contribution in [-0.2, 0) is 16.0 Å². The first-order chi connectivity index (χ1) is 17.9. The van der Waals surface area contributed by atoms with Crippen molar-refractivity contribution in [2.45, 2.75) is 13.3 Å². The van der Waals surface area contributed by atoms with Gasteiger partial charge in [0.2, 0.25) is 11.8 Å². The highest BCUT2D eigenvalue weighted by molar-refractivity contribution is 6.30. The second kappa shape index (κ2) is 12.4. The van der Waals surface area contributed by atoms with Crippen LogP contribution in [0.25, 0.3) is 11.4 Å². The minimum Gasteiger partial charge on any atom is -0.496 e. The molecule has 10 heteroatoms. The number of aromatic nitrogens is 2. The molecule has 0 atom stereocenters. The van der Waals surface area contributed by atoms with E-state index >= 15 is 0 Å². The average Bonchev–Trinajstić information content (AvgIpc) is 2.91. The van der Waals surface area contributed by atoms with Gasteiger partial charge in [0.15, 0.2) is 5.82 Å². The molecular formula is C27H31ClN6O3. The second-order valence-electron chi connectivity index (χ2n) is 8.71. The molecule has 0 radical (unpaired) electrons. The third kappa shape index (κ3) is 7.10. The number of amides is 2. The number of anilines is 2. The minimum atomic E-state index is -0.0786. The molecule has 194 valence electrons. The third-order valence-corrected chi connectivity index (χ3v) is 6.36. The molecule has 2 heterocycles. The third-order valence-electron chi connectivity index (χ3n) is 6.11. The van der Waals surface area contributed by atoms with E-state index in [0.29, 0.717) is 62.4 Å². The second-order valence-corrected chi connectivity index (χ2v) is 9.14. The maximum atomic E-state index is 13.0. The Bertz CT molecular complexity index is 1230. The molecule has 37 heavy (non-hydrogen) atoms. The summed E-state index contributed by atoms with van der Waals surface area (Å²) in [7, 11) is 1.62. The highest BCUT2D eigenvalue weighted by Crippen LogP contribution is 2.25. The fourth-order valence-corrected chi connectivity index (χ4v) is 4.28. The van der Waals surface area contributed by atoms with Crippen molar-refractivity contribution in [1.82, 2.24) is 20.2 Å². The summed E-state index contributed by atoms with van der Waals surface area (Å²) in [6, 6.07) is 16.9. The standard InChI is InChI=1S/C27H31ClN6O3/c1-19(35)29-11-12-30-24-18-25(32-27(31-24)20-7-9-22(28)10-8-20)33-13-15-34(16-14-33)26(36)17-21-5-3-4-6-23(21)37-2/h3-10,18H,11-17H2,1-2H3,(H,29,35)(H,30,31,32). The van der Waals surface area contributed by atoms with Gasteiger partial charge in [0.1, 0.15) is 17.4 Å². The molecule has 0 aliphatic carbocycles. The van der Waals surface area contributed by atoms with Crippen LogP contribution in [0.1, 0.15) is 12.5 Å². The summed E-state index contributed by atoms with van der Waals surface area (Å²) in [5.74, 6) is 2.74. The molecule has 0 saturated carbocycles. The molecule has 0 unspecified atom stereocenters. The van der Waals surface area contributed by atoms with E-state index in [1.54, 1.807) is 7.11 Å². The maximum Gasteiger partial charge on any atom is 0.227 e. The van der Waals surface area contributed by atoms with Crippen molar-refractivity contribution in [3.63, 3.8) is 0 Å². The number of benzene rings is 2. The van der Waals surface area contributed by atoms with Gasteiger partial charge in [-0.05, 0) is 30.3 Å². The monoisotopic (exact) mass is 522 g/mol. The molecule has 2 aromatic carbocycles. The van der Waals surface area contributed by atoms with E-state index in [1.807, 2.05) is 59.5 Å². The molecule has 0 bridgehead atoms. The number of hydrogen-bond acceptors (Lipinski definition) is 7. The zero-order valence-corrected chi connectivity index (χ0v) is 21.8. The van der Waals surface area contributed by atoms with Crippen LogP contribution >= 0.6 is 11.6 Å². The molecule has 2 amide bonds. The minimum absolute atomic E-state index is 0.0778. The van der Waals surface area contributed by atoms with E-state index in [9.17, 15) is 9.59 Å². The number of carbonyl (C=O) groups excluding carboxylic acids is 2. The Morgan fingerprint density at radius 1 is 1.00 bits per heavy atom. The fraction of sp³-hybridized carbons (Fsp3) is 0.333. The van der Waals surface area contributed by atoms with E-state index in [0.717, 1.165) is 22.7 Å². The number of nitrogens with zero attached hydrogens (tertiary/aromatic N) is 4. The smallest absolute Gasteiger partial charge is 0.227 e. The molecule has 0 spiro atoms. The van der Waals surface area contributed by atoms with Crippen molar-refractivity contribution >= 4 is 35.1 Å². The molecule has 4 rings (SSSR count). The normalized spacial score (nSPS) is 13.3. The van der Waals surface area contributed by atoms with Crippen molar-refractivity contribution < 1.29 is 14.3 Å². The average molecular weight is 523 g/mol. The van der Waals surface area contributed by atoms with Gasteiger partial charge in [-0.1, -0.05) is 29.8 Å². The summed E-state index contributed by atoms with van der Waals surface area (Å²) in [5.41, 5.74) is 1.73. The molecular weight excluding hydrogens is 492 g/mol. The maximum absolute atomic E-state index is 13.0. The number of nitrogens with one attached hydrogen (secondary N) is 2. The lowest BCUT2D eigenvalue weighted by molar-refractivity contribution is -0.130. The number of hydrogen-bond donors (Lipinski definition) is 2. The van der Waals surface area contributed by atoms with Gasteiger partial charge < -0.3 is 25.2 Å². The summed E-state index contributed by atoms with van der Waals surface area (Å²) in [6.45, 7) is 5.00. The Kier molecular flexibility index (Phi) is 8.79. The zero-order valence-electron chi connectivity index (χ0n) is 21.0. The van der Waals surface area contributed by atoms with Gasteiger partial charge in [-0.25, -0.2) is 9.97 Å². The largest absolute Gasteiger partial charge is 0.496 e. The molecule has 1 fully saturated rings. The van der Waals surface area contributed by atoms with Crippen LogP contribution in [0, 0.1) is 0 Å². The lowest BCUT2D eigenvalue weighted by atomic mass is 10.1. The van der Waals surface area contributed by atoms with E-state index in [4.69, 9.17) is 21.3 Å². The van der Waals surface area contributed by atoms with Gasteiger partial charge in [0, 0.05) is 68.4 Å². The van der Waals surface area contributed by atoms with Crippen LogP contribution in [0.2, 0.25) is 5.02 Å². The van der Waals surface area contributed by atoms with Crippen molar-refractivity contribution in [2.24, 2.45) is 0 Å². The summed E-state index contributed by atoms with van der Waals surface area (Å²) < 4.78 is 5.39. The van der Waals surface area contributed by atoms with E-state index in [-0.39, 0.29) is 11.8 Å². The highest BCUT2D eigenvalue weighted by Gasteiger charge is 2.23. The fourth-order valence-electron chi connectivity index (χ4n) is 4.15. The van der Waals surface area contributed by atoms with Gasteiger partial charge in [-0.2, -0.15) is 0 Å². The van der Waals surface area contributed by atoms with Gasteiger partial charge in [0.05, 0.1) is 13.5 Å². The molecule has 9 nitrogen and oxygen atoms in total. The number of rotatable bonds is 9. The van der Waals surface area contributed by atoms with Crippen LogP contribution in [0.15, 0.2) is 54.6 Å². The SMILES string of the molecule is COc1ccccc1CC(=O)N1CCN(c2cc(NCCNC(C)=O)nc(-c3ccc(Cl)cc3)n2)CC1. The van der Waals surface area contributed by atoms with Gasteiger partial charge in [0.25, 0.3) is 0 Å². The van der Waals surface area contributed by atoms with Crippen molar-refractivity contribution in [2.75, 3.05) is 56.6 Å². The number of methoxy groups -OCH3 is 1. The van der Waals surface area contributed by atoms with Crippen LogP contribution < -0.4 is 20.3 Å². The van der Waals surface area contributed by atoms with Gasteiger partial charge in [-0.3, -0.25) is 9.59 Å². The predicted molar refractivity (Wildman–Crippen MR) is 145 cm³/mol. The molecule has 1 aliphatic rings. The number of halogens is 1. The number of para-hydroxylation sites is 1. The van der Waals surface area contributed by atoms with E-state index in [2.05, 4.69) is 20.5 Å². The first-order valence-electron chi connectivity index (χ1n) is 12.2. The predicted octanol–water partition coefficient (Wildman–Crippen LogP) is 3.24. The van der Waals surface area contributed by atoms with Crippen molar-refractivity contribution in [1.29, 1.82) is 0 Å². The summed E-state index contributed by atoms with van der Waals surface area (Å²) in [5, 5.41) is 6.68. The van der Waals surface area contributed by atoms with Crippen LogP contribution in [0.4, 0.5) is 11.6 Å². The van der Waals surface area contributed by atoms with Crippen LogP contribution in [0.5, 0.6) is 5.75 Å². The van der Waals surface area contributed by atoms with E-state index < -0.39 is 0 Å². The Labute approximate surface area is 221 Å². The van der Waals surface area contributed by atoms with Gasteiger partial charge >= 0.3 is 0 Å².